The van der Waals surface area contributed by atoms with E-state index in [2.05, 4.69) is 28.5 Å². The van der Waals surface area contributed by atoms with Gasteiger partial charge in [-0.2, -0.15) is 0 Å². The van der Waals surface area contributed by atoms with Crippen LogP contribution in [0.15, 0.2) is 52.8 Å². The third-order valence-electron chi connectivity index (χ3n) is 2.00. The van der Waals surface area contributed by atoms with Crippen LogP contribution in [0.25, 0.3) is 0 Å². The molecule has 2 rings (SSSR count). The van der Waals surface area contributed by atoms with Gasteiger partial charge in [-0.05, 0) is 12.2 Å². The van der Waals surface area contributed by atoms with E-state index in [9.17, 15) is 0 Å². The number of hydrogen-bond acceptors (Lipinski definition) is 1. The van der Waals surface area contributed by atoms with Crippen molar-refractivity contribution in [3.05, 3.63) is 47.9 Å². The molecule has 0 aliphatic heterocycles. The molecular weight excluding hydrogens is 160 g/mol. The maximum absolute atomic E-state index is 4.28. The first-order valence-electron chi connectivity index (χ1n) is 4.45. The number of allylic oxidation sites excluding steroid dienone is 6. The molecule has 13 heavy (non-hydrogen) atoms. The Morgan fingerprint density at radius 1 is 1.15 bits per heavy atom. The summed E-state index contributed by atoms with van der Waals surface area (Å²) in [5, 5.41) is 3.15. The number of aliphatic imine (C=N–C) groups is 1. The molecule has 0 fully saturated rings. The van der Waals surface area contributed by atoms with Crippen molar-refractivity contribution in [1.82, 2.24) is 5.32 Å². The summed E-state index contributed by atoms with van der Waals surface area (Å²) < 4.78 is 0. The highest BCUT2D eigenvalue weighted by atomic mass is 15.0. The van der Waals surface area contributed by atoms with E-state index < -0.39 is 0 Å². The molecule has 0 aromatic rings. The zero-order valence-electron chi connectivity index (χ0n) is 7.40. The Balaban J connectivity index is 1.79. The molecule has 0 heterocycles. The highest BCUT2D eigenvalue weighted by Crippen LogP contribution is 2.10. The monoisotopic (exact) mass is 172 g/mol. The van der Waals surface area contributed by atoms with Crippen molar-refractivity contribution in [1.29, 1.82) is 0 Å². The van der Waals surface area contributed by atoms with Crippen LogP contribution in [0.1, 0.15) is 12.8 Å². The van der Waals surface area contributed by atoms with Crippen LogP contribution in [-0.4, -0.2) is 6.34 Å². The highest BCUT2D eigenvalue weighted by Gasteiger charge is 1.96. The molecule has 0 saturated heterocycles. The van der Waals surface area contributed by atoms with Gasteiger partial charge in [0.15, 0.2) is 0 Å². The summed E-state index contributed by atoms with van der Waals surface area (Å²) in [6.07, 6.45) is 16.1. The summed E-state index contributed by atoms with van der Waals surface area (Å²) >= 11 is 0. The van der Waals surface area contributed by atoms with Gasteiger partial charge in [0.2, 0.25) is 0 Å². The molecule has 0 aromatic carbocycles. The van der Waals surface area contributed by atoms with Crippen molar-refractivity contribution in [3.8, 4) is 0 Å². The molecule has 2 nitrogen and oxygen atoms in total. The van der Waals surface area contributed by atoms with Crippen molar-refractivity contribution in [2.24, 2.45) is 4.99 Å². The van der Waals surface area contributed by atoms with Crippen LogP contribution in [0.3, 0.4) is 0 Å². The molecule has 0 atom stereocenters. The summed E-state index contributed by atoms with van der Waals surface area (Å²) in [5.74, 6) is 0. The molecule has 2 aliphatic carbocycles. The van der Waals surface area contributed by atoms with Crippen LogP contribution in [0.5, 0.6) is 0 Å². The first-order chi connectivity index (χ1) is 6.45. The van der Waals surface area contributed by atoms with Gasteiger partial charge in [-0.1, -0.05) is 24.3 Å². The van der Waals surface area contributed by atoms with Gasteiger partial charge in [0.1, 0.15) is 0 Å². The Hall–Kier alpha value is -1.57. The fourth-order valence-electron chi connectivity index (χ4n) is 1.28. The van der Waals surface area contributed by atoms with Crippen LogP contribution in [0.2, 0.25) is 0 Å². The van der Waals surface area contributed by atoms with Crippen molar-refractivity contribution >= 4 is 6.34 Å². The summed E-state index contributed by atoms with van der Waals surface area (Å²) in [6.45, 7) is 0. The standard InChI is InChI=1S/C11H12N2/c1-2-6-10(5-1)12-9-13-11-7-3-4-8-11/h1-5,7,9H,6,8H2,(H,12,13). The van der Waals surface area contributed by atoms with Gasteiger partial charge in [-0.25, -0.2) is 4.99 Å². The molecule has 1 N–H and O–H groups in total. The fourth-order valence-corrected chi connectivity index (χ4v) is 1.28. The Bertz CT molecular complexity index is 330. The summed E-state index contributed by atoms with van der Waals surface area (Å²) in [5.41, 5.74) is 2.31. The molecule has 0 aromatic heterocycles. The van der Waals surface area contributed by atoms with E-state index in [-0.39, 0.29) is 0 Å². The topological polar surface area (TPSA) is 24.4 Å². The van der Waals surface area contributed by atoms with E-state index in [1.165, 1.54) is 5.70 Å². The van der Waals surface area contributed by atoms with Gasteiger partial charge < -0.3 is 5.32 Å². The summed E-state index contributed by atoms with van der Waals surface area (Å²) in [7, 11) is 0. The lowest BCUT2D eigenvalue weighted by atomic mass is 10.4. The number of nitrogens with zero attached hydrogens (tertiary/aromatic N) is 1. The molecule has 0 amide bonds. The smallest absolute Gasteiger partial charge is 0.0924 e. The molecule has 0 spiro atoms. The van der Waals surface area contributed by atoms with E-state index in [0.717, 1.165) is 18.5 Å². The fraction of sp³-hybridized carbons (Fsp3) is 0.182. The van der Waals surface area contributed by atoms with Crippen LogP contribution >= 0.6 is 0 Å². The zero-order valence-corrected chi connectivity index (χ0v) is 7.40. The van der Waals surface area contributed by atoms with Crippen LogP contribution in [-0.2, 0) is 0 Å². The van der Waals surface area contributed by atoms with E-state index in [0.29, 0.717) is 0 Å². The second kappa shape index (κ2) is 3.90. The van der Waals surface area contributed by atoms with E-state index in [1.807, 2.05) is 18.2 Å². The minimum Gasteiger partial charge on any atom is -0.350 e. The van der Waals surface area contributed by atoms with Crippen molar-refractivity contribution < 1.29 is 0 Å². The van der Waals surface area contributed by atoms with Crippen LogP contribution in [0, 0.1) is 0 Å². The molecule has 66 valence electrons. The van der Waals surface area contributed by atoms with E-state index >= 15 is 0 Å². The third-order valence-corrected chi connectivity index (χ3v) is 2.00. The Labute approximate surface area is 78.1 Å². The molecule has 0 unspecified atom stereocenters. The zero-order chi connectivity index (χ0) is 8.93. The first kappa shape index (κ1) is 8.05. The molecule has 0 bridgehead atoms. The highest BCUT2D eigenvalue weighted by molar-refractivity contribution is 5.60. The molecular formula is C11H12N2. The average molecular weight is 172 g/mol. The van der Waals surface area contributed by atoms with E-state index in [1.54, 1.807) is 6.34 Å². The van der Waals surface area contributed by atoms with Gasteiger partial charge in [0.25, 0.3) is 0 Å². The second-order valence-corrected chi connectivity index (χ2v) is 3.02. The van der Waals surface area contributed by atoms with Gasteiger partial charge >= 0.3 is 0 Å². The van der Waals surface area contributed by atoms with Gasteiger partial charge in [-0.3, -0.25) is 0 Å². The third kappa shape index (κ3) is 2.18. The minimum absolute atomic E-state index is 0.954. The molecule has 2 aliphatic rings. The second-order valence-electron chi connectivity index (χ2n) is 3.02. The SMILES string of the molecule is C1=CCC(N=CNC2=CC=CC2)=C1. The molecule has 0 saturated carbocycles. The predicted molar refractivity (Wildman–Crippen MR) is 55.3 cm³/mol. The summed E-state index contributed by atoms with van der Waals surface area (Å²) in [4.78, 5) is 4.28. The van der Waals surface area contributed by atoms with Crippen LogP contribution in [0.4, 0.5) is 0 Å². The quantitative estimate of drug-likeness (QED) is 0.512. The Kier molecular flexibility index (Phi) is 2.41. The van der Waals surface area contributed by atoms with Gasteiger partial charge in [0, 0.05) is 24.2 Å². The number of hydrogen-bond donors (Lipinski definition) is 1. The van der Waals surface area contributed by atoms with Gasteiger partial charge in [-0.15, -0.1) is 0 Å². The summed E-state index contributed by atoms with van der Waals surface area (Å²) in [6, 6.07) is 0. The lowest BCUT2D eigenvalue weighted by molar-refractivity contribution is 1.07. The number of rotatable bonds is 3. The van der Waals surface area contributed by atoms with Crippen molar-refractivity contribution in [3.63, 3.8) is 0 Å². The van der Waals surface area contributed by atoms with Crippen molar-refractivity contribution in [2.75, 3.05) is 0 Å². The van der Waals surface area contributed by atoms with Crippen molar-refractivity contribution in [2.45, 2.75) is 12.8 Å². The predicted octanol–water partition coefficient (Wildman–Crippen LogP) is 2.29. The van der Waals surface area contributed by atoms with Crippen LogP contribution < -0.4 is 5.32 Å². The first-order valence-corrected chi connectivity index (χ1v) is 4.45. The largest absolute Gasteiger partial charge is 0.350 e. The molecule has 2 heteroatoms. The maximum atomic E-state index is 4.28. The number of nitrogens with one attached hydrogen (secondary N) is 1. The normalized spacial score (nSPS) is 19.7. The Morgan fingerprint density at radius 2 is 2.00 bits per heavy atom. The van der Waals surface area contributed by atoms with E-state index in [4.69, 9.17) is 0 Å². The maximum Gasteiger partial charge on any atom is 0.0924 e. The lowest BCUT2D eigenvalue weighted by Crippen LogP contribution is -2.08. The Morgan fingerprint density at radius 3 is 2.69 bits per heavy atom. The lowest BCUT2D eigenvalue weighted by Gasteiger charge is -1.98. The molecule has 0 radical (unpaired) electrons. The average Bonchev–Trinajstić information content (AvgIpc) is 2.75. The van der Waals surface area contributed by atoms with Gasteiger partial charge in [0.05, 0.1) is 6.34 Å². The minimum atomic E-state index is 0.954.